The zero-order valence-corrected chi connectivity index (χ0v) is 21.1. The Morgan fingerprint density at radius 2 is 1.57 bits per heavy atom. The van der Waals surface area contributed by atoms with Crippen molar-refractivity contribution in [1.82, 2.24) is 5.32 Å². The molecule has 8 nitrogen and oxygen atoms in total. The first kappa shape index (κ1) is 25.8. The largest absolute Gasteiger partial charge is 0.490 e. The maximum atomic E-state index is 13.1. The van der Waals surface area contributed by atoms with Crippen LogP contribution in [0.1, 0.15) is 18.1 Å². The number of nitrogens with zero attached hydrogens (tertiary/aromatic N) is 1. The number of aryl methyl sites for hydroxylation is 1. The Balaban J connectivity index is 1.50. The van der Waals surface area contributed by atoms with Crippen molar-refractivity contribution in [1.29, 1.82) is 0 Å². The Bertz CT molecular complexity index is 1340. The molecule has 3 aromatic carbocycles. The van der Waals surface area contributed by atoms with E-state index in [0.29, 0.717) is 35.3 Å². The predicted octanol–water partition coefficient (Wildman–Crippen LogP) is 5.17. The smallest absolute Gasteiger partial charge is 0.335 e. The Labute approximate surface area is 219 Å². The molecule has 9 heteroatoms. The van der Waals surface area contributed by atoms with Gasteiger partial charge in [0.25, 0.3) is 11.8 Å². The van der Waals surface area contributed by atoms with Crippen molar-refractivity contribution in [3.63, 3.8) is 0 Å². The van der Waals surface area contributed by atoms with Gasteiger partial charge in [-0.25, -0.2) is 9.69 Å². The number of anilines is 1. The molecule has 1 fully saturated rings. The van der Waals surface area contributed by atoms with Crippen molar-refractivity contribution >= 4 is 41.2 Å². The molecule has 0 aliphatic carbocycles. The molecule has 1 aliphatic rings. The van der Waals surface area contributed by atoms with Crippen LogP contribution in [0.2, 0.25) is 5.02 Å². The molecular weight excluding hydrogens is 496 g/mol. The summed E-state index contributed by atoms with van der Waals surface area (Å²) in [5.74, 6) is 0.160. The van der Waals surface area contributed by atoms with Gasteiger partial charge in [-0.2, -0.15) is 0 Å². The van der Waals surface area contributed by atoms with Crippen molar-refractivity contribution in [2.45, 2.75) is 13.8 Å². The number of halogens is 1. The summed E-state index contributed by atoms with van der Waals surface area (Å²) in [6.07, 6.45) is 1.40. The van der Waals surface area contributed by atoms with E-state index in [4.69, 9.17) is 25.8 Å². The molecular formula is C28H25ClN2O6. The lowest BCUT2D eigenvalue weighted by atomic mass is 10.1. The third kappa shape index (κ3) is 6.29. The molecule has 0 spiro atoms. The summed E-state index contributed by atoms with van der Waals surface area (Å²) < 4.78 is 17.2. The van der Waals surface area contributed by atoms with Crippen LogP contribution in [0.4, 0.5) is 10.5 Å². The number of carbonyl (C=O) groups is 3. The molecule has 4 amide bonds. The molecule has 1 saturated heterocycles. The highest BCUT2D eigenvalue weighted by Crippen LogP contribution is 2.30. The van der Waals surface area contributed by atoms with Crippen LogP contribution in [0.25, 0.3) is 6.08 Å². The fourth-order valence-electron chi connectivity index (χ4n) is 3.60. The average molecular weight is 521 g/mol. The maximum absolute atomic E-state index is 13.1. The molecule has 0 atom stereocenters. The molecule has 0 aromatic heterocycles. The van der Waals surface area contributed by atoms with Gasteiger partial charge in [0.2, 0.25) is 0 Å². The van der Waals surface area contributed by atoms with Gasteiger partial charge in [0.05, 0.1) is 12.3 Å². The van der Waals surface area contributed by atoms with Crippen LogP contribution in [-0.4, -0.2) is 37.7 Å². The Kier molecular flexibility index (Phi) is 8.10. The van der Waals surface area contributed by atoms with Crippen molar-refractivity contribution in [2.24, 2.45) is 0 Å². The minimum Gasteiger partial charge on any atom is -0.490 e. The topological polar surface area (TPSA) is 94.2 Å². The van der Waals surface area contributed by atoms with E-state index in [9.17, 15) is 14.4 Å². The zero-order valence-electron chi connectivity index (χ0n) is 20.3. The predicted molar refractivity (Wildman–Crippen MR) is 140 cm³/mol. The van der Waals surface area contributed by atoms with Gasteiger partial charge in [0.1, 0.15) is 24.5 Å². The normalized spacial score (nSPS) is 14.5. The van der Waals surface area contributed by atoms with E-state index < -0.39 is 17.8 Å². The van der Waals surface area contributed by atoms with Crippen molar-refractivity contribution in [2.75, 3.05) is 24.7 Å². The third-order valence-corrected chi connectivity index (χ3v) is 5.65. The summed E-state index contributed by atoms with van der Waals surface area (Å²) in [7, 11) is 0. The Hall–Kier alpha value is -4.30. The second-order valence-corrected chi connectivity index (χ2v) is 8.52. The number of hydrogen-bond acceptors (Lipinski definition) is 6. The van der Waals surface area contributed by atoms with Gasteiger partial charge in [-0.1, -0.05) is 35.4 Å². The number of nitrogens with one attached hydrogen (secondary N) is 1. The van der Waals surface area contributed by atoms with Crippen LogP contribution < -0.4 is 24.4 Å². The monoisotopic (exact) mass is 520 g/mol. The van der Waals surface area contributed by atoms with Gasteiger partial charge in [0.15, 0.2) is 11.5 Å². The second kappa shape index (κ2) is 11.6. The molecule has 4 rings (SSSR count). The van der Waals surface area contributed by atoms with E-state index >= 15 is 0 Å². The van der Waals surface area contributed by atoms with Crippen molar-refractivity contribution in [3.05, 3.63) is 88.5 Å². The minimum absolute atomic E-state index is 0.197. The number of imide groups is 2. The molecule has 0 bridgehead atoms. The van der Waals surface area contributed by atoms with Gasteiger partial charge in [-0.15, -0.1) is 0 Å². The molecule has 0 unspecified atom stereocenters. The van der Waals surface area contributed by atoms with E-state index in [2.05, 4.69) is 5.32 Å². The summed E-state index contributed by atoms with van der Waals surface area (Å²) in [5, 5.41) is 2.65. The zero-order chi connectivity index (χ0) is 26.4. The highest BCUT2D eigenvalue weighted by Gasteiger charge is 2.36. The van der Waals surface area contributed by atoms with Gasteiger partial charge in [-0.05, 0) is 74.0 Å². The lowest BCUT2D eigenvalue weighted by molar-refractivity contribution is -0.122. The highest BCUT2D eigenvalue weighted by molar-refractivity contribution is 6.39. The van der Waals surface area contributed by atoms with Crippen LogP contribution in [0.5, 0.6) is 17.2 Å². The van der Waals surface area contributed by atoms with Crippen LogP contribution >= 0.6 is 11.6 Å². The van der Waals surface area contributed by atoms with Crippen molar-refractivity contribution < 1.29 is 28.6 Å². The second-order valence-electron chi connectivity index (χ2n) is 8.08. The molecule has 1 heterocycles. The van der Waals surface area contributed by atoms with E-state index in [-0.39, 0.29) is 17.9 Å². The number of urea groups is 1. The van der Waals surface area contributed by atoms with E-state index in [1.54, 1.807) is 30.3 Å². The number of rotatable bonds is 9. The summed E-state index contributed by atoms with van der Waals surface area (Å²) in [6, 6.07) is 18.1. The molecule has 3 aromatic rings. The quantitative estimate of drug-likeness (QED) is 0.237. The van der Waals surface area contributed by atoms with Gasteiger partial charge >= 0.3 is 6.03 Å². The number of hydrogen-bond donors (Lipinski definition) is 1. The van der Waals surface area contributed by atoms with Crippen LogP contribution in [-0.2, 0) is 9.59 Å². The molecule has 190 valence electrons. The lowest BCUT2D eigenvalue weighted by Gasteiger charge is -2.26. The summed E-state index contributed by atoms with van der Waals surface area (Å²) in [4.78, 5) is 38.9. The van der Waals surface area contributed by atoms with Crippen molar-refractivity contribution in [3.8, 4) is 17.2 Å². The Morgan fingerprint density at radius 1 is 0.865 bits per heavy atom. The summed E-state index contributed by atoms with van der Waals surface area (Å²) in [5.41, 5.74) is 1.77. The van der Waals surface area contributed by atoms with Crippen LogP contribution in [0.15, 0.2) is 72.3 Å². The first-order chi connectivity index (χ1) is 17.9. The number of amides is 4. The SMILES string of the molecule is CCOc1cc(/C=C2/C(=O)NC(=O)N(c3ccc(Cl)cc3)C2=O)ccc1OCCOc1ccc(C)cc1. The lowest BCUT2D eigenvalue weighted by Crippen LogP contribution is -2.54. The number of carbonyl (C=O) groups excluding carboxylic acids is 3. The minimum atomic E-state index is -0.832. The Morgan fingerprint density at radius 3 is 2.27 bits per heavy atom. The maximum Gasteiger partial charge on any atom is 0.335 e. The fourth-order valence-corrected chi connectivity index (χ4v) is 3.72. The third-order valence-electron chi connectivity index (χ3n) is 5.40. The molecule has 0 radical (unpaired) electrons. The molecule has 37 heavy (non-hydrogen) atoms. The molecule has 1 aliphatic heterocycles. The first-order valence-corrected chi connectivity index (χ1v) is 12.0. The van der Waals surface area contributed by atoms with E-state index in [0.717, 1.165) is 16.2 Å². The van der Waals surface area contributed by atoms with E-state index in [1.165, 1.54) is 18.2 Å². The van der Waals surface area contributed by atoms with Crippen LogP contribution in [0.3, 0.4) is 0 Å². The van der Waals surface area contributed by atoms with E-state index in [1.807, 2.05) is 38.1 Å². The fraction of sp³-hybridized carbons (Fsp3) is 0.179. The van der Waals surface area contributed by atoms with Crippen LogP contribution in [0, 0.1) is 6.92 Å². The molecule has 1 N–H and O–H groups in total. The molecule has 0 saturated carbocycles. The average Bonchev–Trinajstić information content (AvgIpc) is 2.87. The highest BCUT2D eigenvalue weighted by atomic mass is 35.5. The summed E-state index contributed by atoms with van der Waals surface area (Å²) >= 11 is 5.91. The number of ether oxygens (including phenoxy) is 3. The first-order valence-electron chi connectivity index (χ1n) is 11.6. The standard InChI is InChI=1S/C28H25ClN2O6/c1-3-35-25-17-19(6-13-24(25)37-15-14-36-22-11-4-18(2)5-12-22)16-23-26(32)30-28(34)31(27(23)33)21-9-7-20(29)8-10-21/h4-13,16-17H,3,14-15H2,1-2H3,(H,30,32,34)/b23-16-. The number of barbiturate groups is 1. The van der Waals surface area contributed by atoms with Gasteiger partial charge < -0.3 is 14.2 Å². The number of benzene rings is 3. The van der Waals surface area contributed by atoms with Gasteiger partial charge in [0, 0.05) is 5.02 Å². The van der Waals surface area contributed by atoms with Gasteiger partial charge in [-0.3, -0.25) is 14.9 Å². The summed E-state index contributed by atoms with van der Waals surface area (Å²) in [6.45, 7) is 4.85.